The first-order valence-electron chi connectivity index (χ1n) is 21.6. The molecule has 9 N–H and O–H groups in total. The Kier molecular flexibility index (Phi) is 36.1. The number of benzene rings is 1. The number of carbonyl (C=O) groups is 4. The van der Waals surface area contributed by atoms with Gasteiger partial charge in [0, 0.05) is 63.0 Å². The molecule has 0 bridgehead atoms. The van der Waals surface area contributed by atoms with Gasteiger partial charge in [-0.15, -0.1) is 0 Å². The monoisotopic (exact) mass is 1080 g/mol. The zero-order valence-electron chi connectivity index (χ0n) is 37.7. The first-order chi connectivity index (χ1) is 31.2. The highest BCUT2D eigenvalue weighted by molar-refractivity contribution is 7.71. The number of nitrogens with one attached hydrogen (secondary N) is 3. The molecular weight excluding hydrogens is 1010 g/mol. The van der Waals surface area contributed by atoms with Gasteiger partial charge >= 0.3 is 39.1 Å². The van der Waals surface area contributed by atoms with Crippen molar-refractivity contribution >= 4 is 73.9 Å². The Balaban J connectivity index is 0. The van der Waals surface area contributed by atoms with Crippen molar-refractivity contribution in [2.75, 3.05) is 31.6 Å². The molecule has 0 spiro atoms. The zero-order chi connectivity index (χ0) is 51.0. The standard InChI is InChI=1S/C32H52N4O6.C4H15O16P5.CH4/c1-2-3-23-33-31(39)21-12-6-4-9-18-29(37)19-11-8-14-24-34-32(40)22-13-7-5-10-20-30(38)26-35-27-16-15-17-28(25-27)36(41)42;1-2-3-4-16-22(8,9)18-24(12,13)20-25(14,15)19-23(10,11)17-21(5,6)7;/h15-17,25,35H,2-14,18-24,26H2,1H3,(H,33,39)(H,34,40);2-4H2,1H3,(H,8,9)(H,10,11)(H,12,13)(H,14,15)(H2,5,6,7);1H4. The van der Waals surface area contributed by atoms with Crippen molar-refractivity contribution in [3.63, 3.8) is 0 Å². The van der Waals surface area contributed by atoms with Gasteiger partial charge in [0.05, 0.1) is 18.1 Å². The molecule has 26 nitrogen and oxygen atoms in total. The van der Waals surface area contributed by atoms with Gasteiger partial charge in [0.2, 0.25) is 11.8 Å². The van der Waals surface area contributed by atoms with Crippen LogP contribution in [0.3, 0.4) is 0 Å². The van der Waals surface area contributed by atoms with Gasteiger partial charge in [-0.1, -0.05) is 72.3 Å². The number of Topliss-reactive ketones (excluding diaryl/α,β-unsaturated/α-hetero) is 2. The van der Waals surface area contributed by atoms with Crippen LogP contribution in [0.15, 0.2) is 24.3 Å². The quantitative estimate of drug-likeness (QED) is 0.0129. The predicted octanol–water partition coefficient (Wildman–Crippen LogP) is 8.42. The minimum Gasteiger partial charge on any atom is -0.378 e. The van der Waals surface area contributed by atoms with Crippen LogP contribution in [0.2, 0.25) is 0 Å². The van der Waals surface area contributed by atoms with E-state index in [1.54, 1.807) is 19.1 Å². The third-order valence-electron chi connectivity index (χ3n) is 8.65. The van der Waals surface area contributed by atoms with Gasteiger partial charge in [0.25, 0.3) is 5.69 Å². The summed E-state index contributed by atoms with van der Waals surface area (Å²) in [5.41, 5.74) is 0.537. The highest BCUT2D eigenvalue weighted by Crippen LogP contribution is 2.73. The number of amides is 2. The van der Waals surface area contributed by atoms with Crippen molar-refractivity contribution in [3.8, 4) is 0 Å². The van der Waals surface area contributed by atoms with Gasteiger partial charge < -0.3 is 45.3 Å². The molecule has 31 heteroatoms. The number of phosphoric ester groups is 1. The fraction of sp³-hybridized carbons (Fsp3) is 0.730. The number of rotatable bonds is 39. The second-order valence-corrected chi connectivity index (χ2v) is 22.4. The topological polar surface area (TPSA) is 400 Å². The van der Waals surface area contributed by atoms with Gasteiger partial charge in [-0.05, 0) is 57.4 Å². The molecule has 0 aromatic heterocycles. The number of nitro groups is 1. The lowest BCUT2D eigenvalue weighted by Gasteiger charge is -2.19. The second-order valence-electron chi connectivity index (χ2n) is 14.8. The Labute approximate surface area is 397 Å². The molecule has 396 valence electrons. The van der Waals surface area contributed by atoms with E-state index >= 15 is 0 Å². The normalized spacial score (nSPS) is 14.8. The SMILES string of the molecule is C.CCCCNC(=O)CCCCCCC(=O)CCCCCNC(=O)CCCCCCC(=O)CNc1cccc([N+](=O)[O-])c1.CCCCOP(=O)(O)OP(=O)(O)OP(=O)(O)OP(=O)(O)OP(=O)(O)O. The summed E-state index contributed by atoms with van der Waals surface area (Å²) in [5, 5.41) is 19.6. The molecule has 1 aromatic rings. The van der Waals surface area contributed by atoms with Crippen LogP contribution in [-0.2, 0) is 63.8 Å². The van der Waals surface area contributed by atoms with Gasteiger partial charge in [-0.2, -0.15) is 17.2 Å². The summed E-state index contributed by atoms with van der Waals surface area (Å²) in [4.78, 5) is 111. The van der Waals surface area contributed by atoms with E-state index in [9.17, 15) is 52.1 Å². The van der Waals surface area contributed by atoms with Crippen molar-refractivity contribution in [1.29, 1.82) is 0 Å². The Morgan fingerprint density at radius 3 is 1.47 bits per heavy atom. The first-order valence-corrected chi connectivity index (χ1v) is 29.1. The van der Waals surface area contributed by atoms with Crippen LogP contribution in [0, 0.1) is 10.1 Å². The molecular formula is C37H71N4O22P5. The fourth-order valence-corrected chi connectivity index (χ4v) is 11.3. The van der Waals surface area contributed by atoms with Crippen LogP contribution in [-0.4, -0.2) is 83.9 Å². The van der Waals surface area contributed by atoms with Crippen molar-refractivity contribution in [3.05, 3.63) is 34.4 Å². The molecule has 0 aliphatic carbocycles. The first kappa shape index (κ1) is 67.5. The van der Waals surface area contributed by atoms with E-state index in [4.69, 9.17) is 29.4 Å². The van der Waals surface area contributed by atoms with E-state index in [2.05, 4.69) is 44.6 Å². The lowest BCUT2D eigenvalue weighted by atomic mass is 10.0. The highest BCUT2D eigenvalue weighted by atomic mass is 31.3. The number of hydrogen-bond donors (Lipinski definition) is 9. The van der Waals surface area contributed by atoms with E-state index in [1.165, 1.54) is 12.1 Å². The van der Waals surface area contributed by atoms with Crippen LogP contribution in [0.5, 0.6) is 0 Å². The molecule has 4 atom stereocenters. The minimum atomic E-state index is -6.05. The Bertz CT molecular complexity index is 1920. The summed E-state index contributed by atoms with van der Waals surface area (Å²) in [6.07, 6.45) is 15.3. The summed E-state index contributed by atoms with van der Waals surface area (Å²) in [6, 6.07) is 6.09. The molecule has 0 heterocycles. The number of nitrogens with zero attached hydrogens (tertiary/aromatic N) is 1. The Morgan fingerprint density at radius 1 is 0.574 bits per heavy atom. The van der Waals surface area contributed by atoms with E-state index < -0.39 is 44.0 Å². The summed E-state index contributed by atoms with van der Waals surface area (Å²) in [5.74, 6) is 0.528. The van der Waals surface area contributed by atoms with Crippen molar-refractivity contribution in [2.24, 2.45) is 0 Å². The summed E-state index contributed by atoms with van der Waals surface area (Å²) < 4.78 is 73.1. The summed E-state index contributed by atoms with van der Waals surface area (Å²) >= 11 is 0. The zero-order valence-corrected chi connectivity index (χ0v) is 42.2. The van der Waals surface area contributed by atoms with Crippen LogP contribution in [0.4, 0.5) is 11.4 Å². The van der Waals surface area contributed by atoms with Crippen LogP contribution >= 0.6 is 39.1 Å². The number of unbranched alkanes of at least 4 members (excludes halogenated alkanes) is 10. The predicted molar refractivity (Wildman–Crippen MR) is 250 cm³/mol. The van der Waals surface area contributed by atoms with Gasteiger partial charge in [-0.3, -0.25) is 33.8 Å². The fourth-order valence-electron chi connectivity index (χ4n) is 5.42. The third kappa shape index (κ3) is 40.2. The Hall–Kier alpha value is -2.59. The number of nitro benzene ring substituents is 1. The molecule has 0 saturated carbocycles. The number of non-ortho nitro benzene ring substituents is 1. The van der Waals surface area contributed by atoms with Crippen molar-refractivity contribution in [1.82, 2.24) is 10.6 Å². The van der Waals surface area contributed by atoms with Crippen molar-refractivity contribution < 1.29 is 98.1 Å². The molecule has 0 aliphatic rings. The van der Waals surface area contributed by atoms with Crippen LogP contribution in [0.25, 0.3) is 0 Å². The van der Waals surface area contributed by atoms with E-state index in [1.807, 2.05) is 0 Å². The maximum atomic E-state index is 12.0. The molecule has 4 unspecified atom stereocenters. The van der Waals surface area contributed by atoms with Gasteiger partial charge in [-0.25, -0.2) is 22.8 Å². The largest absolute Gasteiger partial charge is 0.490 e. The number of hydrogen-bond acceptors (Lipinski definition) is 17. The maximum Gasteiger partial charge on any atom is 0.490 e. The van der Waals surface area contributed by atoms with E-state index in [0.29, 0.717) is 56.5 Å². The highest BCUT2D eigenvalue weighted by Gasteiger charge is 2.47. The van der Waals surface area contributed by atoms with Gasteiger partial charge in [0.1, 0.15) is 5.78 Å². The molecule has 1 rings (SSSR count). The van der Waals surface area contributed by atoms with Crippen LogP contribution in [0.1, 0.15) is 150 Å². The second kappa shape index (κ2) is 36.3. The van der Waals surface area contributed by atoms with Crippen molar-refractivity contribution in [2.45, 2.75) is 150 Å². The Morgan fingerprint density at radius 2 is 1.00 bits per heavy atom. The van der Waals surface area contributed by atoms with E-state index in [-0.39, 0.29) is 50.3 Å². The average molecular weight is 1080 g/mol. The summed E-state index contributed by atoms with van der Waals surface area (Å²) in [6.45, 7) is 4.92. The third-order valence-corrected chi connectivity index (χ3v) is 15.8. The molecule has 0 saturated heterocycles. The number of anilines is 1. The van der Waals surface area contributed by atoms with Gasteiger partial charge in [0.15, 0.2) is 5.78 Å². The minimum absolute atomic E-state index is 0. The molecule has 0 radical (unpaired) electrons. The smallest absolute Gasteiger partial charge is 0.378 e. The molecule has 2 amide bonds. The average Bonchev–Trinajstić information content (AvgIpc) is 3.19. The number of carbonyl (C=O) groups excluding carboxylic acids is 4. The summed E-state index contributed by atoms with van der Waals surface area (Å²) in [7, 11) is -28.8. The molecule has 0 aliphatic heterocycles. The molecule has 1 aromatic carbocycles. The van der Waals surface area contributed by atoms with Crippen LogP contribution < -0.4 is 16.0 Å². The molecule has 68 heavy (non-hydrogen) atoms. The lowest BCUT2D eigenvalue weighted by molar-refractivity contribution is -0.384. The maximum absolute atomic E-state index is 12.0. The lowest BCUT2D eigenvalue weighted by Crippen LogP contribution is -2.24. The number of phosphoric acid groups is 5. The molecule has 0 fully saturated rings. The van der Waals surface area contributed by atoms with E-state index in [0.717, 1.165) is 90.0 Å². The number of ketones is 2.